The minimum atomic E-state index is -0.0322. The molecule has 7 nitrogen and oxygen atoms in total. The van der Waals surface area contributed by atoms with Gasteiger partial charge in [0.05, 0.1) is 11.4 Å². The fourth-order valence-corrected chi connectivity index (χ4v) is 3.38. The predicted octanol–water partition coefficient (Wildman–Crippen LogP) is 3.68. The maximum atomic E-state index is 12.5. The third kappa shape index (κ3) is 5.04. The third-order valence-electron chi connectivity index (χ3n) is 3.99. The van der Waals surface area contributed by atoms with Crippen LogP contribution in [0.5, 0.6) is 0 Å². The number of aryl methyl sites for hydroxylation is 1. The molecule has 144 valence electrons. The largest absolute Gasteiger partial charge is 0.326 e. The molecule has 0 unspecified atom stereocenters. The van der Waals surface area contributed by atoms with E-state index in [4.69, 9.17) is 0 Å². The van der Waals surface area contributed by atoms with Gasteiger partial charge in [-0.1, -0.05) is 30.8 Å². The van der Waals surface area contributed by atoms with E-state index in [1.165, 1.54) is 11.8 Å². The summed E-state index contributed by atoms with van der Waals surface area (Å²) in [5.41, 5.74) is 3.22. The summed E-state index contributed by atoms with van der Waals surface area (Å²) in [5, 5.41) is 15.1. The van der Waals surface area contributed by atoms with Gasteiger partial charge in [0.2, 0.25) is 11.1 Å². The van der Waals surface area contributed by atoms with Gasteiger partial charge in [0, 0.05) is 17.7 Å². The number of hydrogen-bond donors (Lipinski definition) is 1. The Kier molecular flexibility index (Phi) is 6.54. The number of anilines is 1. The number of carbonyl (C=O) groups is 2. The lowest BCUT2D eigenvalue weighted by Gasteiger charge is -2.06. The normalized spacial score (nSPS) is 10.6. The highest BCUT2D eigenvalue weighted by atomic mass is 32.2. The molecule has 0 radical (unpaired) electrons. The number of tetrazole rings is 1. The highest BCUT2D eigenvalue weighted by molar-refractivity contribution is 7.99. The lowest BCUT2D eigenvalue weighted by Crippen LogP contribution is -2.11. The second kappa shape index (κ2) is 9.27. The Bertz CT molecular complexity index is 969. The number of carbonyl (C=O) groups excluding carboxylic acids is 2. The molecule has 0 saturated heterocycles. The van der Waals surface area contributed by atoms with Gasteiger partial charge in [0.25, 0.3) is 0 Å². The van der Waals surface area contributed by atoms with Gasteiger partial charge in [-0.3, -0.25) is 9.59 Å². The SMILES string of the molecule is CCCC(=O)Nc1ccc(C(=O)CSc2nnnn2-c2cccc(C)c2)cc1. The van der Waals surface area contributed by atoms with Crippen LogP contribution in [0, 0.1) is 6.92 Å². The number of nitrogens with zero attached hydrogens (tertiary/aromatic N) is 4. The van der Waals surface area contributed by atoms with Crippen molar-refractivity contribution in [2.75, 3.05) is 11.1 Å². The molecule has 3 rings (SSSR count). The molecule has 2 aromatic carbocycles. The number of nitrogens with one attached hydrogen (secondary N) is 1. The standard InChI is InChI=1S/C20H21N5O2S/c1-3-5-19(27)21-16-10-8-15(9-11-16)18(26)13-28-20-22-23-24-25(20)17-7-4-6-14(2)12-17/h4,6-12H,3,5,13H2,1-2H3,(H,21,27). The van der Waals surface area contributed by atoms with Crippen LogP contribution in [-0.4, -0.2) is 37.7 Å². The minimum Gasteiger partial charge on any atom is -0.326 e. The predicted molar refractivity (Wildman–Crippen MR) is 109 cm³/mol. The molecule has 8 heteroatoms. The van der Waals surface area contributed by atoms with Crippen LogP contribution in [0.1, 0.15) is 35.7 Å². The number of aromatic nitrogens is 4. The molecule has 0 aliphatic rings. The molecule has 0 saturated carbocycles. The van der Waals surface area contributed by atoms with E-state index in [0.717, 1.165) is 17.7 Å². The van der Waals surface area contributed by atoms with E-state index >= 15 is 0 Å². The molecule has 1 N–H and O–H groups in total. The van der Waals surface area contributed by atoms with Crippen molar-refractivity contribution < 1.29 is 9.59 Å². The second-order valence-electron chi connectivity index (χ2n) is 6.30. The molecule has 1 aromatic heterocycles. The Hall–Kier alpha value is -3.00. The van der Waals surface area contributed by atoms with Crippen LogP contribution in [0.4, 0.5) is 5.69 Å². The lowest BCUT2D eigenvalue weighted by atomic mass is 10.1. The van der Waals surface area contributed by atoms with E-state index in [1.54, 1.807) is 28.9 Å². The Morgan fingerprint density at radius 3 is 2.64 bits per heavy atom. The molecule has 0 atom stereocenters. The Labute approximate surface area is 167 Å². The number of benzene rings is 2. The van der Waals surface area contributed by atoms with Gasteiger partial charge in [0.1, 0.15) is 0 Å². The van der Waals surface area contributed by atoms with Crippen molar-refractivity contribution in [3.05, 3.63) is 59.7 Å². The summed E-state index contributed by atoms with van der Waals surface area (Å²) in [6.45, 7) is 3.95. The van der Waals surface area contributed by atoms with E-state index in [9.17, 15) is 9.59 Å². The zero-order valence-electron chi connectivity index (χ0n) is 15.8. The molecule has 0 spiro atoms. The van der Waals surface area contributed by atoms with E-state index in [-0.39, 0.29) is 17.4 Å². The van der Waals surface area contributed by atoms with E-state index < -0.39 is 0 Å². The summed E-state index contributed by atoms with van der Waals surface area (Å²) in [5.74, 6) is 0.156. The molecular formula is C20H21N5O2S. The summed E-state index contributed by atoms with van der Waals surface area (Å²) in [6.07, 6.45) is 1.27. The Balaban J connectivity index is 1.62. The molecule has 0 aliphatic heterocycles. The monoisotopic (exact) mass is 395 g/mol. The quantitative estimate of drug-likeness (QED) is 0.462. The van der Waals surface area contributed by atoms with Crippen molar-refractivity contribution in [1.82, 2.24) is 20.2 Å². The van der Waals surface area contributed by atoms with Crippen molar-refractivity contribution in [3.63, 3.8) is 0 Å². The molecule has 0 bridgehead atoms. The first-order valence-corrected chi connectivity index (χ1v) is 9.96. The number of rotatable bonds is 8. The molecule has 0 aliphatic carbocycles. The van der Waals surface area contributed by atoms with Crippen molar-refractivity contribution in [2.45, 2.75) is 31.8 Å². The fraction of sp³-hybridized carbons (Fsp3) is 0.250. The van der Waals surface area contributed by atoms with Crippen molar-refractivity contribution in [2.24, 2.45) is 0 Å². The summed E-state index contributed by atoms with van der Waals surface area (Å²) in [7, 11) is 0. The third-order valence-corrected chi connectivity index (χ3v) is 4.91. The molecule has 0 fully saturated rings. The molecule has 3 aromatic rings. The number of hydrogen-bond acceptors (Lipinski definition) is 6. The highest BCUT2D eigenvalue weighted by Gasteiger charge is 2.13. The molecule has 1 heterocycles. The van der Waals surface area contributed by atoms with Crippen LogP contribution in [0.25, 0.3) is 5.69 Å². The van der Waals surface area contributed by atoms with E-state index in [2.05, 4.69) is 20.8 Å². The molecule has 1 amide bonds. The fourth-order valence-electron chi connectivity index (χ4n) is 2.59. The van der Waals surface area contributed by atoms with Crippen molar-refractivity contribution in [3.8, 4) is 5.69 Å². The smallest absolute Gasteiger partial charge is 0.224 e. The van der Waals surface area contributed by atoms with Crippen LogP contribution >= 0.6 is 11.8 Å². The van der Waals surface area contributed by atoms with Crippen LogP contribution in [0.2, 0.25) is 0 Å². The van der Waals surface area contributed by atoms with Crippen LogP contribution in [0.3, 0.4) is 0 Å². The first-order valence-electron chi connectivity index (χ1n) is 8.98. The number of amides is 1. The van der Waals surface area contributed by atoms with Crippen LogP contribution in [0.15, 0.2) is 53.7 Å². The molecular weight excluding hydrogens is 374 g/mol. The first-order chi connectivity index (χ1) is 13.6. The van der Waals surface area contributed by atoms with Gasteiger partial charge < -0.3 is 5.32 Å². The number of Topliss-reactive ketones (excluding diaryl/α,β-unsaturated/α-hetero) is 1. The van der Waals surface area contributed by atoms with Crippen LogP contribution in [-0.2, 0) is 4.79 Å². The summed E-state index contributed by atoms with van der Waals surface area (Å²) < 4.78 is 1.62. The topological polar surface area (TPSA) is 89.8 Å². The second-order valence-corrected chi connectivity index (χ2v) is 7.24. The van der Waals surface area contributed by atoms with Gasteiger partial charge in [-0.05, 0) is 65.7 Å². The number of ketones is 1. The van der Waals surface area contributed by atoms with E-state index in [1.807, 2.05) is 38.1 Å². The zero-order valence-corrected chi connectivity index (χ0v) is 16.6. The maximum absolute atomic E-state index is 12.5. The Morgan fingerprint density at radius 2 is 1.93 bits per heavy atom. The maximum Gasteiger partial charge on any atom is 0.224 e. The highest BCUT2D eigenvalue weighted by Crippen LogP contribution is 2.20. The molecule has 28 heavy (non-hydrogen) atoms. The average Bonchev–Trinajstić information content (AvgIpc) is 3.15. The van der Waals surface area contributed by atoms with Gasteiger partial charge in [-0.2, -0.15) is 4.68 Å². The van der Waals surface area contributed by atoms with Crippen molar-refractivity contribution in [1.29, 1.82) is 0 Å². The van der Waals surface area contributed by atoms with Gasteiger partial charge in [0.15, 0.2) is 5.78 Å². The summed E-state index contributed by atoms with van der Waals surface area (Å²) in [6, 6.07) is 14.7. The van der Waals surface area contributed by atoms with Gasteiger partial charge >= 0.3 is 0 Å². The van der Waals surface area contributed by atoms with Crippen LogP contribution < -0.4 is 5.32 Å². The zero-order chi connectivity index (χ0) is 19.9. The van der Waals surface area contributed by atoms with Crippen molar-refractivity contribution >= 4 is 29.1 Å². The van der Waals surface area contributed by atoms with Gasteiger partial charge in [-0.15, -0.1) is 5.10 Å². The summed E-state index contributed by atoms with van der Waals surface area (Å²) in [4.78, 5) is 24.1. The van der Waals surface area contributed by atoms with E-state index in [0.29, 0.717) is 22.8 Å². The average molecular weight is 395 g/mol. The number of thioether (sulfide) groups is 1. The van der Waals surface area contributed by atoms with Gasteiger partial charge in [-0.25, -0.2) is 0 Å². The lowest BCUT2D eigenvalue weighted by molar-refractivity contribution is -0.116. The minimum absolute atomic E-state index is 0.0277. The first kappa shape index (κ1) is 19.8. The summed E-state index contributed by atoms with van der Waals surface area (Å²) >= 11 is 1.29. The Morgan fingerprint density at radius 1 is 1.14 bits per heavy atom.